The van der Waals surface area contributed by atoms with E-state index in [2.05, 4.69) is 32.6 Å². The molecule has 15 rings (SSSR count). The third-order valence-corrected chi connectivity index (χ3v) is 18.8. The summed E-state index contributed by atoms with van der Waals surface area (Å²) in [6, 6.07) is 22.3. The van der Waals surface area contributed by atoms with Crippen LogP contribution in [0.3, 0.4) is 0 Å². The molecule has 0 radical (unpaired) electrons. The summed E-state index contributed by atoms with van der Waals surface area (Å²) in [5, 5.41) is 28.0. The molecule has 8 aliphatic heterocycles. The lowest BCUT2D eigenvalue weighted by molar-refractivity contribution is -0.172. The summed E-state index contributed by atoms with van der Waals surface area (Å²) in [5.41, 5.74) is 7.45. The third kappa shape index (κ3) is 8.52. The maximum Gasteiger partial charge on any atom is 0.363 e. The summed E-state index contributed by atoms with van der Waals surface area (Å²) >= 11 is 14.7. The Morgan fingerprint density at radius 2 is 1.26 bits per heavy atom. The quantitative estimate of drug-likeness (QED) is 0.0564. The Kier molecular flexibility index (Phi) is 12.9. The normalized spacial score (nSPS) is 16.6. The second-order valence-corrected chi connectivity index (χ2v) is 24.0. The first kappa shape index (κ1) is 54.9. The monoisotopic (exact) mass is 1220 g/mol. The van der Waals surface area contributed by atoms with Crippen LogP contribution in [0.15, 0.2) is 100 Å². The van der Waals surface area contributed by atoms with Gasteiger partial charge in [-0.1, -0.05) is 35.3 Å². The number of aromatic carboxylic acids is 1. The second kappa shape index (κ2) is 20.7. The van der Waals surface area contributed by atoms with E-state index in [9.17, 15) is 48.6 Å². The fraction of sp³-hybridized carbons (Fsp3) is 0.254. The maximum absolute atomic E-state index is 14.8. The number of aryl methyl sites for hydroxylation is 2. The van der Waals surface area contributed by atoms with Crippen LogP contribution in [0.1, 0.15) is 140 Å². The first-order valence-electron chi connectivity index (χ1n) is 29.2. The van der Waals surface area contributed by atoms with Crippen molar-refractivity contribution in [3.63, 3.8) is 0 Å². The van der Waals surface area contributed by atoms with E-state index in [1.165, 1.54) is 83.2 Å². The zero-order valence-electron chi connectivity index (χ0n) is 46.9. The zero-order valence-corrected chi connectivity index (χ0v) is 48.4. The number of carboxylic acids is 1. The van der Waals surface area contributed by atoms with Gasteiger partial charge >= 0.3 is 17.9 Å². The highest BCUT2D eigenvalue weighted by Gasteiger charge is 2.58. The van der Waals surface area contributed by atoms with E-state index < -0.39 is 52.6 Å². The molecule has 9 aliphatic rings. The summed E-state index contributed by atoms with van der Waals surface area (Å²) in [4.78, 5) is 116. The number of rotatable bonds is 10. The van der Waals surface area contributed by atoms with Gasteiger partial charge in [-0.15, -0.1) is 5.06 Å². The van der Waals surface area contributed by atoms with Crippen molar-refractivity contribution in [2.24, 2.45) is 0 Å². The Hall–Kier alpha value is -9.72. The molecule has 0 bridgehead atoms. The Bertz CT molecular complexity index is 4440. The van der Waals surface area contributed by atoms with E-state index in [1.54, 1.807) is 12.1 Å². The fourth-order valence-corrected chi connectivity index (χ4v) is 14.9. The minimum atomic E-state index is -1.52. The van der Waals surface area contributed by atoms with Crippen molar-refractivity contribution in [1.29, 1.82) is 0 Å². The number of halogens is 2. The Morgan fingerprint density at radius 3 is 1.91 bits per heavy atom. The van der Waals surface area contributed by atoms with Gasteiger partial charge in [0.05, 0.1) is 44.4 Å². The molecule has 19 nitrogen and oxygen atoms in total. The summed E-state index contributed by atoms with van der Waals surface area (Å²) in [6.45, 7) is 3.47. The number of nitrogens with zero attached hydrogens (tertiary/aromatic N) is 3. The minimum Gasteiger partial charge on any atom is -0.507 e. The number of carbonyl (C=O) groups excluding carboxylic acids is 6. The molecule has 4 amide bonds. The molecule has 0 atom stereocenters. The van der Waals surface area contributed by atoms with Crippen LogP contribution in [0.25, 0.3) is 33.4 Å². The van der Waals surface area contributed by atoms with E-state index in [0.29, 0.717) is 38.8 Å². The molecule has 442 valence electrons. The van der Waals surface area contributed by atoms with E-state index >= 15 is 0 Å². The van der Waals surface area contributed by atoms with Gasteiger partial charge in [-0.2, -0.15) is 0 Å². The van der Waals surface area contributed by atoms with Gasteiger partial charge in [0, 0.05) is 113 Å². The summed E-state index contributed by atoms with van der Waals surface area (Å²) in [7, 11) is 0. The average Bonchev–Trinajstić information content (AvgIpc) is 1.34. The lowest BCUT2D eigenvalue weighted by Crippen LogP contribution is -2.40. The van der Waals surface area contributed by atoms with Gasteiger partial charge in [-0.3, -0.25) is 24.0 Å². The molecule has 6 aromatic carbocycles. The molecule has 6 aromatic rings. The van der Waals surface area contributed by atoms with Gasteiger partial charge in [-0.25, -0.2) is 14.4 Å². The fourth-order valence-electron chi connectivity index (χ4n) is 14.2. The number of carbonyl (C=O) groups is 7. The number of hydroxylamine groups is 2. The minimum absolute atomic E-state index is 0.0141. The van der Waals surface area contributed by atoms with E-state index in [-0.39, 0.29) is 109 Å². The topological polar surface area (TPSA) is 252 Å². The number of hydrogen-bond donors (Lipinski definition) is 4. The maximum atomic E-state index is 14.8. The van der Waals surface area contributed by atoms with E-state index in [4.69, 9.17) is 41.9 Å². The molecule has 1 saturated heterocycles. The van der Waals surface area contributed by atoms with Crippen molar-refractivity contribution < 1.29 is 62.5 Å². The standard InChI is InChI=1S/C67H51Cl2N5O14/c68-48-29-44(56(69)54-55(48)67(87-66(54)84)46-26-34-5-1-21-72-23-3-7-41(57(34)72)60(46)86-61-42-8-4-24-73-22-2-6-35(58(42)73)27-47(61)67)63(80)70-30-32-9-11-33(12-10-32)62(79)71-31-45-49(76)18-17-40-53(39-16-14-37(75)28-50(39)85-59(40)45)43-25-36(13-15-38(43)64(81)82)65(83)88-74-51(77)19-20-52(74)78/h9-18,25-29,76H,1-8,19-24,30-31H2,(H,70,80)(H,71,79)(H,81,82). The number of imide groups is 1. The zero-order chi connectivity index (χ0) is 60.6. The Morgan fingerprint density at radius 1 is 0.636 bits per heavy atom. The highest BCUT2D eigenvalue weighted by Crippen LogP contribution is 2.64. The second-order valence-electron chi connectivity index (χ2n) is 23.2. The number of benzene rings is 7. The Labute approximate surface area is 510 Å². The number of anilines is 2. The lowest BCUT2D eigenvalue weighted by Gasteiger charge is -2.45. The van der Waals surface area contributed by atoms with Crippen molar-refractivity contribution in [2.75, 3.05) is 36.0 Å². The van der Waals surface area contributed by atoms with Crippen LogP contribution in [0.4, 0.5) is 11.4 Å². The number of esters is 1. The first-order chi connectivity index (χ1) is 42.6. The van der Waals surface area contributed by atoms with Gasteiger partial charge in [0.1, 0.15) is 28.6 Å². The molecule has 88 heavy (non-hydrogen) atoms. The van der Waals surface area contributed by atoms with Crippen LogP contribution in [0.2, 0.25) is 10.0 Å². The molecule has 1 spiro atoms. The molecular weight excluding hydrogens is 1170 g/mol. The van der Waals surface area contributed by atoms with Crippen LogP contribution in [0, 0.1) is 0 Å². The predicted molar refractivity (Wildman–Crippen MR) is 321 cm³/mol. The van der Waals surface area contributed by atoms with Crippen molar-refractivity contribution in [3.05, 3.63) is 189 Å². The number of amides is 4. The number of carboxylic acid groups (broad SMARTS) is 1. The summed E-state index contributed by atoms with van der Waals surface area (Å²) < 4.78 is 20.3. The van der Waals surface area contributed by atoms with Crippen LogP contribution in [-0.4, -0.2) is 83.0 Å². The highest BCUT2D eigenvalue weighted by atomic mass is 35.5. The number of fused-ring (bicyclic) bond motifs is 10. The van der Waals surface area contributed by atoms with E-state index in [1.807, 2.05) is 0 Å². The molecular formula is C67H51Cl2N5O14. The Balaban J connectivity index is 0.703. The number of aromatic hydroxyl groups is 1. The van der Waals surface area contributed by atoms with Gasteiger partial charge < -0.3 is 49.4 Å². The molecule has 21 heteroatoms. The summed E-state index contributed by atoms with van der Waals surface area (Å²) in [6.07, 6.45) is 6.87. The molecule has 4 N–H and O–H groups in total. The molecule has 1 aliphatic carbocycles. The van der Waals surface area contributed by atoms with Crippen LogP contribution in [-0.2, 0) is 63.5 Å². The van der Waals surface area contributed by atoms with Crippen LogP contribution in [0.5, 0.6) is 17.2 Å². The van der Waals surface area contributed by atoms with Gasteiger partial charge in [-0.05, 0) is 146 Å². The first-order valence-corrected chi connectivity index (χ1v) is 30.0. The number of phenols is 1. The SMILES string of the molecule is O=C(NCc1c(O)ccc2c(-c3cc(C(=O)ON4C(=O)CCC4=O)ccc3C(=O)O)c3ccc(=O)cc-3oc12)c1ccc(CNC(=O)c2cc(Cl)c3c(c2Cl)C(=O)OC32c3cc4c5c(c3Oc3c2cc2c6c3CCCN6CCC2)CCCN5CCC4)cc1. The summed E-state index contributed by atoms with van der Waals surface area (Å²) in [5.74, 6) is -4.79. The largest absolute Gasteiger partial charge is 0.507 e. The van der Waals surface area contributed by atoms with Crippen molar-refractivity contribution in [2.45, 2.75) is 82.9 Å². The number of hydrogen-bond acceptors (Lipinski definition) is 15. The predicted octanol–water partition coefficient (Wildman–Crippen LogP) is 10.3. The van der Waals surface area contributed by atoms with Gasteiger partial charge in [0.25, 0.3) is 23.6 Å². The van der Waals surface area contributed by atoms with Crippen LogP contribution < -0.4 is 30.6 Å². The lowest BCUT2D eigenvalue weighted by atomic mass is 9.72. The van der Waals surface area contributed by atoms with Gasteiger partial charge in [0.2, 0.25) is 0 Å². The number of phenolic OH excluding ortho intramolecular Hbond substituents is 1. The van der Waals surface area contributed by atoms with Crippen molar-refractivity contribution in [1.82, 2.24) is 15.7 Å². The van der Waals surface area contributed by atoms with Crippen molar-refractivity contribution >= 4 is 87.1 Å². The molecule has 1 fully saturated rings. The van der Waals surface area contributed by atoms with E-state index in [0.717, 1.165) is 94.7 Å². The number of ether oxygens (including phenoxy) is 2. The molecule has 0 unspecified atom stereocenters. The van der Waals surface area contributed by atoms with Gasteiger partial charge in [0.15, 0.2) is 11.0 Å². The highest BCUT2D eigenvalue weighted by molar-refractivity contribution is 6.40. The third-order valence-electron chi connectivity index (χ3n) is 18.1. The molecule has 8 heterocycles. The average molecular weight is 1220 g/mol. The number of nitrogens with one attached hydrogen (secondary N) is 2. The van der Waals surface area contributed by atoms with Crippen LogP contribution >= 0.6 is 23.2 Å². The van der Waals surface area contributed by atoms with Crippen molar-refractivity contribution in [3.8, 4) is 39.7 Å². The molecule has 0 aromatic heterocycles. The molecule has 0 saturated carbocycles. The smallest absolute Gasteiger partial charge is 0.363 e.